The second-order valence-electron chi connectivity index (χ2n) is 10.3. The van der Waals surface area contributed by atoms with Gasteiger partial charge in [0.15, 0.2) is 0 Å². The van der Waals surface area contributed by atoms with Gasteiger partial charge in [-0.1, -0.05) is 38.4 Å². The van der Waals surface area contributed by atoms with Gasteiger partial charge in [-0.25, -0.2) is 8.78 Å². The molecule has 5 nitrogen and oxygen atoms in total. The maximum absolute atomic E-state index is 14.3. The molecule has 1 fully saturated rings. The van der Waals surface area contributed by atoms with Crippen LogP contribution in [-0.4, -0.2) is 50.5 Å². The van der Waals surface area contributed by atoms with Crippen molar-refractivity contribution in [3.05, 3.63) is 71.3 Å². The first kappa shape index (κ1) is 25.2. The van der Waals surface area contributed by atoms with Crippen LogP contribution in [0.15, 0.2) is 55.0 Å². The van der Waals surface area contributed by atoms with E-state index in [2.05, 4.69) is 30.7 Å². The summed E-state index contributed by atoms with van der Waals surface area (Å²) in [6.45, 7) is 6.60. The van der Waals surface area contributed by atoms with Crippen LogP contribution in [0.1, 0.15) is 50.2 Å². The smallest absolute Gasteiger partial charge is 0.293 e. The van der Waals surface area contributed by atoms with Gasteiger partial charge in [0.2, 0.25) is 0 Å². The van der Waals surface area contributed by atoms with E-state index in [1.165, 1.54) is 6.07 Å². The third kappa shape index (κ3) is 5.07. The van der Waals surface area contributed by atoms with Crippen LogP contribution in [0.5, 0.6) is 0 Å². The molecule has 1 amide bonds. The Balaban J connectivity index is 1.60. The molecule has 3 aromatic rings. The maximum Gasteiger partial charge on any atom is 0.293 e. The highest BCUT2D eigenvalue weighted by Crippen LogP contribution is 2.37. The lowest BCUT2D eigenvalue weighted by Crippen LogP contribution is -2.59. The van der Waals surface area contributed by atoms with Crippen molar-refractivity contribution < 1.29 is 18.7 Å². The number of carbonyl (C=O) groups is 1. The van der Waals surface area contributed by atoms with E-state index in [0.29, 0.717) is 10.6 Å². The van der Waals surface area contributed by atoms with E-state index in [0.717, 1.165) is 34.2 Å². The van der Waals surface area contributed by atoms with E-state index in [4.69, 9.17) is 11.6 Å². The lowest BCUT2D eigenvalue weighted by Gasteiger charge is -2.42. The topological polar surface area (TPSA) is 66.3 Å². The van der Waals surface area contributed by atoms with Gasteiger partial charge in [-0.15, -0.1) is 0 Å². The van der Waals surface area contributed by atoms with Gasteiger partial charge >= 0.3 is 0 Å². The fraction of sp³-hybridized carbons (Fsp3) is 0.370. The number of alkyl halides is 2. The Morgan fingerprint density at radius 3 is 2.46 bits per heavy atom. The van der Waals surface area contributed by atoms with Gasteiger partial charge in [-0.05, 0) is 49.2 Å². The predicted molar refractivity (Wildman–Crippen MR) is 133 cm³/mol. The minimum absolute atomic E-state index is 0.0370. The minimum Gasteiger partial charge on any atom is -0.384 e. The van der Waals surface area contributed by atoms with E-state index in [1.807, 2.05) is 18.2 Å². The van der Waals surface area contributed by atoms with Crippen molar-refractivity contribution in [3.8, 4) is 22.3 Å². The van der Waals surface area contributed by atoms with Crippen LogP contribution in [-0.2, 0) is 5.41 Å². The zero-order valence-corrected chi connectivity index (χ0v) is 20.9. The highest BCUT2D eigenvalue weighted by molar-refractivity contribution is 6.33. The normalized spacial score (nSPS) is 20.1. The number of aliphatic hydroxyl groups is 1. The van der Waals surface area contributed by atoms with Crippen molar-refractivity contribution in [1.29, 1.82) is 0 Å². The number of benzene rings is 1. The number of halogens is 3. The van der Waals surface area contributed by atoms with Gasteiger partial charge in [0.05, 0.1) is 6.54 Å². The number of piperidine rings is 1. The Morgan fingerprint density at radius 1 is 1.09 bits per heavy atom. The van der Waals surface area contributed by atoms with E-state index in [9.17, 15) is 18.7 Å². The molecule has 1 aliphatic rings. The molecule has 8 heteroatoms. The lowest BCUT2D eigenvalue weighted by atomic mass is 9.89. The molecule has 0 spiro atoms. The Kier molecular flexibility index (Phi) is 6.45. The number of pyridine rings is 2. The summed E-state index contributed by atoms with van der Waals surface area (Å²) in [7, 11) is 0. The first-order valence-corrected chi connectivity index (χ1v) is 11.8. The van der Waals surface area contributed by atoms with E-state index in [1.54, 1.807) is 30.7 Å². The minimum atomic E-state index is -3.39. The van der Waals surface area contributed by atoms with Crippen LogP contribution in [0, 0.1) is 0 Å². The number of rotatable bonds is 3. The molecule has 3 heterocycles. The van der Waals surface area contributed by atoms with Crippen molar-refractivity contribution in [2.24, 2.45) is 0 Å². The van der Waals surface area contributed by atoms with Gasteiger partial charge in [0.1, 0.15) is 5.60 Å². The Labute approximate surface area is 208 Å². The van der Waals surface area contributed by atoms with Gasteiger partial charge in [0, 0.05) is 63.5 Å². The lowest BCUT2D eigenvalue weighted by molar-refractivity contribution is -0.200. The van der Waals surface area contributed by atoms with Crippen molar-refractivity contribution in [2.45, 2.75) is 51.1 Å². The monoisotopic (exact) mass is 499 g/mol. The van der Waals surface area contributed by atoms with Crippen LogP contribution in [0.4, 0.5) is 8.78 Å². The van der Waals surface area contributed by atoms with Gasteiger partial charge in [-0.2, -0.15) is 0 Å². The molecule has 1 saturated heterocycles. The molecule has 0 bridgehead atoms. The molecular formula is C27H28ClF2N3O2. The highest BCUT2D eigenvalue weighted by Gasteiger charge is 2.53. The first-order chi connectivity index (χ1) is 16.3. The molecule has 0 radical (unpaired) electrons. The molecule has 0 saturated carbocycles. The number of nitrogens with zero attached hydrogens (tertiary/aromatic N) is 3. The molecule has 184 valence electrons. The number of hydrogen-bond acceptors (Lipinski definition) is 4. The van der Waals surface area contributed by atoms with E-state index >= 15 is 0 Å². The largest absolute Gasteiger partial charge is 0.384 e. The summed E-state index contributed by atoms with van der Waals surface area (Å²) in [5.41, 5.74) is 2.26. The zero-order valence-electron chi connectivity index (χ0n) is 20.1. The molecule has 4 rings (SSSR count). The fourth-order valence-corrected chi connectivity index (χ4v) is 4.32. The van der Waals surface area contributed by atoms with Crippen LogP contribution < -0.4 is 0 Å². The number of aromatic nitrogens is 2. The average molecular weight is 500 g/mol. The van der Waals surface area contributed by atoms with Gasteiger partial charge < -0.3 is 10.0 Å². The van der Waals surface area contributed by atoms with E-state index in [-0.39, 0.29) is 23.9 Å². The zero-order chi connectivity index (χ0) is 25.6. The Morgan fingerprint density at radius 2 is 1.80 bits per heavy atom. The number of likely N-dealkylation sites (tertiary alicyclic amines) is 1. The third-order valence-electron chi connectivity index (χ3n) is 6.46. The second kappa shape index (κ2) is 8.95. The van der Waals surface area contributed by atoms with Crippen molar-refractivity contribution >= 4 is 17.5 Å². The summed E-state index contributed by atoms with van der Waals surface area (Å²) in [6, 6.07) is 10.7. The standard InChI is InChI=1S/C27H28ClF2N3O2/c1-25(2,3)23-13-17(7-9-32-23)19-11-20(15-31-14-19)21-6-5-18(12-22(21)28)24(34)33-10-8-26(4,35)27(29,30)16-33/h5-7,9,11-15,35H,8,10,16H2,1-4H3. The molecule has 1 aliphatic heterocycles. The molecule has 1 unspecified atom stereocenters. The maximum atomic E-state index is 14.3. The molecule has 35 heavy (non-hydrogen) atoms. The van der Waals surface area contributed by atoms with Crippen LogP contribution in [0.25, 0.3) is 22.3 Å². The molecule has 1 aromatic carbocycles. The van der Waals surface area contributed by atoms with Gasteiger partial charge in [0.25, 0.3) is 11.8 Å². The third-order valence-corrected chi connectivity index (χ3v) is 6.77. The average Bonchev–Trinajstić information content (AvgIpc) is 2.80. The summed E-state index contributed by atoms with van der Waals surface area (Å²) < 4.78 is 28.5. The quantitative estimate of drug-likeness (QED) is 0.480. The summed E-state index contributed by atoms with van der Waals surface area (Å²) in [4.78, 5) is 22.8. The summed E-state index contributed by atoms with van der Waals surface area (Å²) in [5.74, 6) is -3.94. The number of amides is 1. The Hall–Kier alpha value is -2.90. The fourth-order valence-electron chi connectivity index (χ4n) is 4.03. The van der Waals surface area contributed by atoms with E-state index < -0.39 is 24.0 Å². The molecule has 1 atom stereocenters. The summed E-state index contributed by atoms with van der Waals surface area (Å²) in [5, 5.41) is 10.2. The Bertz CT molecular complexity index is 1270. The van der Waals surface area contributed by atoms with Crippen LogP contribution in [0.2, 0.25) is 5.02 Å². The molecule has 1 N–H and O–H groups in total. The second-order valence-corrected chi connectivity index (χ2v) is 10.7. The summed E-state index contributed by atoms with van der Waals surface area (Å²) >= 11 is 6.54. The molecule has 0 aliphatic carbocycles. The van der Waals surface area contributed by atoms with Crippen molar-refractivity contribution in [1.82, 2.24) is 14.9 Å². The number of carbonyl (C=O) groups excluding carboxylic acids is 1. The molecule has 2 aromatic heterocycles. The first-order valence-electron chi connectivity index (χ1n) is 11.4. The molecular weight excluding hydrogens is 472 g/mol. The van der Waals surface area contributed by atoms with Gasteiger partial charge in [-0.3, -0.25) is 14.8 Å². The summed E-state index contributed by atoms with van der Waals surface area (Å²) in [6.07, 6.45) is 5.02. The number of hydrogen-bond donors (Lipinski definition) is 1. The van der Waals surface area contributed by atoms with Crippen LogP contribution >= 0.6 is 11.6 Å². The van der Waals surface area contributed by atoms with Crippen LogP contribution in [0.3, 0.4) is 0 Å². The van der Waals surface area contributed by atoms with Crippen molar-refractivity contribution in [3.63, 3.8) is 0 Å². The SMILES string of the molecule is CC(C)(C)c1cc(-c2cncc(-c3ccc(C(=O)N4CCC(C)(O)C(F)(F)C4)cc3Cl)c2)ccn1. The van der Waals surface area contributed by atoms with Crippen molar-refractivity contribution in [2.75, 3.05) is 13.1 Å². The predicted octanol–water partition coefficient (Wildman–Crippen LogP) is 5.99. The highest BCUT2D eigenvalue weighted by atomic mass is 35.5.